The number of aromatic nitrogens is 4. The van der Waals surface area contributed by atoms with E-state index in [4.69, 9.17) is 14.5 Å². The first-order valence-electron chi connectivity index (χ1n) is 11.7. The van der Waals surface area contributed by atoms with Crippen molar-refractivity contribution in [2.45, 2.75) is 57.2 Å². The van der Waals surface area contributed by atoms with Gasteiger partial charge in [0.2, 0.25) is 0 Å². The van der Waals surface area contributed by atoms with Crippen molar-refractivity contribution in [2.75, 3.05) is 31.3 Å². The Morgan fingerprint density at radius 1 is 1.16 bits per heavy atom. The molecule has 2 atom stereocenters. The average molecular weight is 438 g/mol. The number of hydrogen-bond donors (Lipinski definition) is 0. The lowest BCUT2D eigenvalue weighted by atomic mass is 10.0. The second-order valence-corrected chi connectivity index (χ2v) is 9.12. The second-order valence-electron chi connectivity index (χ2n) is 9.12. The summed E-state index contributed by atoms with van der Waals surface area (Å²) in [7, 11) is 0. The van der Waals surface area contributed by atoms with Gasteiger partial charge in [-0.15, -0.1) is 0 Å². The number of morpholine rings is 1. The van der Waals surface area contributed by atoms with E-state index < -0.39 is 0 Å². The van der Waals surface area contributed by atoms with Gasteiger partial charge in [0.1, 0.15) is 17.0 Å². The second kappa shape index (κ2) is 8.08. The molecule has 8 heteroatoms. The maximum Gasteiger partial charge on any atom is 0.151 e. The van der Waals surface area contributed by atoms with Crippen LogP contribution in [0.15, 0.2) is 24.5 Å². The standard InChI is InChI=1S/C24H28FN5O2/c1-15-14-31-11-9-29(15)20-12-17(16-5-6-16)22-18(25)13-26-23(24(22)28-20)19-7-8-27-30(19)21-4-2-3-10-32-21/h7-8,12-13,15-16,21H,2-6,9-11,14H2,1H3/t15-,21?/m1/s1. The highest BCUT2D eigenvalue weighted by Gasteiger charge is 2.31. The van der Waals surface area contributed by atoms with Crippen molar-refractivity contribution in [3.05, 3.63) is 35.9 Å². The van der Waals surface area contributed by atoms with E-state index >= 15 is 4.39 Å². The number of fused-ring (bicyclic) bond motifs is 1. The van der Waals surface area contributed by atoms with E-state index in [-0.39, 0.29) is 18.1 Å². The summed E-state index contributed by atoms with van der Waals surface area (Å²) in [5.41, 5.74) is 3.14. The Hall–Kier alpha value is -2.58. The van der Waals surface area contributed by atoms with Crippen LogP contribution in [-0.4, -0.2) is 52.2 Å². The zero-order valence-electron chi connectivity index (χ0n) is 18.3. The molecule has 1 saturated carbocycles. The molecule has 3 aromatic rings. The molecule has 0 bridgehead atoms. The lowest BCUT2D eigenvalue weighted by molar-refractivity contribution is -0.0383. The Morgan fingerprint density at radius 3 is 2.84 bits per heavy atom. The van der Waals surface area contributed by atoms with Crippen LogP contribution in [0.3, 0.4) is 0 Å². The van der Waals surface area contributed by atoms with Crippen LogP contribution in [0.1, 0.15) is 56.7 Å². The SMILES string of the molecule is C[C@@H]1COCCN1c1cc(C2CC2)c2c(F)cnc(-c3ccnn3C3CCCCO3)c2n1. The molecule has 6 rings (SSSR count). The molecule has 1 aliphatic carbocycles. The Balaban J connectivity index is 1.54. The monoisotopic (exact) mass is 437 g/mol. The number of nitrogens with zero attached hydrogens (tertiary/aromatic N) is 5. The van der Waals surface area contributed by atoms with Gasteiger partial charge in [-0.25, -0.2) is 19.0 Å². The predicted octanol–water partition coefficient (Wildman–Crippen LogP) is 4.43. The fraction of sp³-hybridized carbons (Fsp3) is 0.542. The van der Waals surface area contributed by atoms with Crippen LogP contribution in [0.25, 0.3) is 22.3 Å². The highest BCUT2D eigenvalue weighted by Crippen LogP contribution is 2.46. The quantitative estimate of drug-likeness (QED) is 0.602. The molecule has 168 valence electrons. The minimum Gasteiger partial charge on any atom is -0.377 e. The molecule has 0 radical (unpaired) electrons. The van der Waals surface area contributed by atoms with Crippen LogP contribution in [0.4, 0.5) is 10.2 Å². The normalized spacial score (nSPS) is 24.2. The van der Waals surface area contributed by atoms with Crippen LogP contribution in [0, 0.1) is 5.82 Å². The molecule has 3 aliphatic rings. The fourth-order valence-electron chi connectivity index (χ4n) is 4.99. The van der Waals surface area contributed by atoms with Crippen molar-refractivity contribution in [3.8, 4) is 11.4 Å². The first-order valence-corrected chi connectivity index (χ1v) is 11.7. The Bertz CT molecular complexity index is 1140. The zero-order valence-corrected chi connectivity index (χ0v) is 18.3. The Labute approximate surface area is 186 Å². The molecular weight excluding hydrogens is 409 g/mol. The lowest BCUT2D eigenvalue weighted by Crippen LogP contribution is -2.44. The van der Waals surface area contributed by atoms with Gasteiger partial charge in [0, 0.05) is 24.7 Å². The number of halogens is 1. The molecule has 7 nitrogen and oxygen atoms in total. The molecule has 32 heavy (non-hydrogen) atoms. The smallest absolute Gasteiger partial charge is 0.151 e. The first kappa shape index (κ1) is 20.1. The zero-order chi connectivity index (χ0) is 21.7. The third kappa shape index (κ3) is 3.46. The Morgan fingerprint density at radius 2 is 2.06 bits per heavy atom. The number of ether oxygens (including phenoxy) is 2. The average Bonchev–Trinajstić information content (AvgIpc) is 3.56. The van der Waals surface area contributed by atoms with E-state index in [9.17, 15) is 0 Å². The molecule has 0 amide bonds. The summed E-state index contributed by atoms with van der Waals surface area (Å²) in [5.74, 6) is 0.954. The van der Waals surface area contributed by atoms with E-state index in [2.05, 4.69) is 28.0 Å². The molecule has 2 aliphatic heterocycles. The molecule has 0 spiro atoms. The van der Waals surface area contributed by atoms with Gasteiger partial charge < -0.3 is 14.4 Å². The predicted molar refractivity (Wildman–Crippen MR) is 119 cm³/mol. The maximum absolute atomic E-state index is 15.2. The van der Waals surface area contributed by atoms with Gasteiger partial charge in [-0.3, -0.25) is 0 Å². The summed E-state index contributed by atoms with van der Waals surface area (Å²) in [6.45, 7) is 4.98. The van der Waals surface area contributed by atoms with Crippen molar-refractivity contribution in [1.82, 2.24) is 19.7 Å². The molecule has 1 unspecified atom stereocenters. The van der Waals surface area contributed by atoms with E-state index in [1.165, 1.54) is 6.20 Å². The van der Waals surface area contributed by atoms with Crippen LogP contribution in [0.2, 0.25) is 0 Å². The van der Waals surface area contributed by atoms with Crippen molar-refractivity contribution >= 4 is 16.7 Å². The molecule has 0 aromatic carbocycles. The lowest BCUT2D eigenvalue weighted by Gasteiger charge is -2.34. The van der Waals surface area contributed by atoms with Gasteiger partial charge in [-0.2, -0.15) is 5.10 Å². The highest BCUT2D eigenvalue weighted by atomic mass is 19.1. The third-order valence-corrected chi connectivity index (χ3v) is 6.83. The third-order valence-electron chi connectivity index (χ3n) is 6.83. The minimum absolute atomic E-state index is 0.124. The molecule has 3 fully saturated rings. The van der Waals surface area contributed by atoms with E-state index in [0.717, 1.165) is 62.3 Å². The van der Waals surface area contributed by atoms with Crippen LogP contribution >= 0.6 is 0 Å². The van der Waals surface area contributed by atoms with Gasteiger partial charge >= 0.3 is 0 Å². The van der Waals surface area contributed by atoms with E-state index in [0.29, 0.717) is 35.7 Å². The highest BCUT2D eigenvalue weighted by molar-refractivity contribution is 5.94. The first-order chi connectivity index (χ1) is 15.7. The van der Waals surface area contributed by atoms with Crippen molar-refractivity contribution in [3.63, 3.8) is 0 Å². The van der Waals surface area contributed by atoms with Crippen LogP contribution in [0.5, 0.6) is 0 Å². The van der Waals surface area contributed by atoms with Crippen LogP contribution in [-0.2, 0) is 9.47 Å². The van der Waals surface area contributed by atoms with E-state index in [1.807, 2.05) is 10.7 Å². The van der Waals surface area contributed by atoms with Crippen LogP contribution < -0.4 is 4.90 Å². The topological polar surface area (TPSA) is 65.3 Å². The van der Waals surface area contributed by atoms with Crippen molar-refractivity contribution in [2.24, 2.45) is 0 Å². The van der Waals surface area contributed by atoms with E-state index in [1.54, 1.807) is 6.20 Å². The Kier molecular flexibility index (Phi) is 5.07. The largest absolute Gasteiger partial charge is 0.377 e. The summed E-state index contributed by atoms with van der Waals surface area (Å²) in [5, 5.41) is 5.14. The van der Waals surface area contributed by atoms with Gasteiger partial charge in [-0.1, -0.05) is 0 Å². The molecule has 0 N–H and O–H groups in total. The number of pyridine rings is 2. The molecule has 2 saturated heterocycles. The van der Waals surface area contributed by atoms with Gasteiger partial charge in [-0.05, 0) is 62.6 Å². The number of anilines is 1. The maximum atomic E-state index is 15.2. The molecule has 3 aromatic heterocycles. The minimum atomic E-state index is -0.306. The van der Waals surface area contributed by atoms with Gasteiger partial charge in [0.25, 0.3) is 0 Å². The summed E-state index contributed by atoms with van der Waals surface area (Å²) in [6, 6.07) is 4.24. The summed E-state index contributed by atoms with van der Waals surface area (Å²) in [6.07, 6.45) is 8.22. The fourth-order valence-corrected chi connectivity index (χ4v) is 4.99. The van der Waals surface area contributed by atoms with Gasteiger partial charge in [0.15, 0.2) is 12.0 Å². The molecular formula is C24H28FN5O2. The van der Waals surface area contributed by atoms with Gasteiger partial charge in [0.05, 0.1) is 31.1 Å². The summed E-state index contributed by atoms with van der Waals surface area (Å²) in [4.78, 5) is 11.8. The number of hydrogen-bond acceptors (Lipinski definition) is 6. The summed E-state index contributed by atoms with van der Waals surface area (Å²) < 4.78 is 28.7. The number of rotatable bonds is 4. The molecule has 5 heterocycles. The van der Waals surface area contributed by atoms with Crippen molar-refractivity contribution < 1.29 is 13.9 Å². The van der Waals surface area contributed by atoms with Crippen molar-refractivity contribution in [1.29, 1.82) is 0 Å². The summed E-state index contributed by atoms with van der Waals surface area (Å²) >= 11 is 0.